The van der Waals surface area contributed by atoms with E-state index in [1.165, 1.54) is 12.1 Å². The number of alkyl halides is 3. The van der Waals surface area contributed by atoms with Gasteiger partial charge < -0.3 is 10.4 Å². The Hall–Kier alpha value is -3.21. The summed E-state index contributed by atoms with van der Waals surface area (Å²) in [5.74, 6) is -2.19. The lowest BCUT2D eigenvalue weighted by atomic mass is 10.2. The van der Waals surface area contributed by atoms with Crippen LogP contribution in [0.15, 0.2) is 42.2 Å². The van der Waals surface area contributed by atoms with E-state index in [0.29, 0.717) is 0 Å². The van der Waals surface area contributed by atoms with Gasteiger partial charge in [-0.15, -0.1) is 0 Å². The number of imide groups is 1. The lowest BCUT2D eigenvalue weighted by molar-refractivity contribution is -0.141. The lowest BCUT2D eigenvalue weighted by Crippen LogP contribution is -2.34. The summed E-state index contributed by atoms with van der Waals surface area (Å²) in [4.78, 5) is 24.5. The van der Waals surface area contributed by atoms with Gasteiger partial charge in [-0.1, -0.05) is 0 Å². The molecule has 0 radical (unpaired) electrons. The lowest BCUT2D eigenvalue weighted by Gasteiger charge is -2.13. The second-order valence-electron chi connectivity index (χ2n) is 5.51. The number of anilines is 1. The Kier molecular flexibility index (Phi) is 4.70. The monoisotopic (exact) mass is 384 g/mol. The largest absolute Gasteiger partial charge is 0.435 e. The number of β-amino-alcohol motifs (C(OH)–C–C–N with tert-alkyl or cyclic N) is 1. The Balaban J connectivity index is 1.80. The number of carbonyl (C=O) groups is 2. The zero-order valence-corrected chi connectivity index (χ0v) is 13.5. The maximum Gasteiger partial charge on any atom is 0.435 e. The van der Waals surface area contributed by atoms with Gasteiger partial charge in [-0.25, -0.2) is 9.07 Å². The highest BCUT2D eigenvalue weighted by atomic mass is 19.4. The van der Waals surface area contributed by atoms with Gasteiger partial charge in [0, 0.05) is 18.0 Å². The molecular formula is C16H12F4N4O3. The van der Waals surface area contributed by atoms with E-state index in [0.717, 1.165) is 34.0 Å². The molecule has 1 aliphatic rings. The SMILES string of the molecule is O=C1C=C(Nc2ccc(-n3ccc(C(F)(F)F)n3)c(F)c2)C(=O)N1CCO. The molecule has 1 aromatic heterocycles. The summed E-state index contributed by atoms with van der Waals surface area (Å²) in [6.07, 6.45) is -2.67. The van der Waals surface area contributed by atoms with Crippen LogP contribution in [0.1, 0.15) is 5.69 Å². The highest BCUT2D eigenvalue weighted by Gasteiger charge is 2.34. The summed E-state index contributed by atoms with van der Waals surface area (Å²) >= 11 is 0. The average Bonchev–Trinajstić information content (AvgIpc) is 3.17. The third kappa shape index (κ3) is 3.67. The summed E-state index contributed by atoms with van der Waals surface area (Å²) in [6.45, 7) is -0.570. The molecule has 11 heteroatoms. The van der Waals surface area contributed by atoms with Crippen LogP contribution in [0, 0.1) is 5.82 Å². The van der Waals surface area contributed by atoms with Crippen LogP contribution in [0.25, 0.3) is 5.69 Å². The Morgan fingerprint density at radius 3 is 2.52 bits per heavy atom. The first-order valence-electron chi connectivity index (χ1n) is 7.59. The number of hydrogen-bond donors (Lipinski definition) is 2. The number of nitrogens with zero attached hydrogens (tertiary/aromatic N) is 3. The van der Waals surface area contributed by atoms with Gasteiger partial charge in [0.15, 0.2) is 11.5 Å². The van der Waals surface area contributed by atoms with E-state index >= 15 is 0 Å². The van der Waals surface area contributed by atoms with Crippen LogP contribution in [0.4, 0.5) is 23.2 Å². The number of carbonyl (C=O) groups excluding carboxylic acids is 2. The van der Waals surface area contributed by atoms with Gasteiger partial charge in [-0.2, -0.15) is 18.3 Å². The summed E-state index contributed by atoms with van der Waals surface area (Å²) in [5, 5.41) is 14.7. The summed E-state index contributed by atoms with van der Waals surface area (Å²) < 4.78 is 52.8. The summed E-state index contributed by atoms with van der Waals surface area (Å²) in [6, 6.07) is 4.17. The Bertz CT molecular complexity index is 936. The van der Waals surface area contributed by atoms with Crippen LogP contribution in [-0.2, 0) is 15.8 Å². The Morgan fingerprint density at radius 2 is 1.93 bits per heavy atom. The van der Waals surface area contributed by atoms with Crippen LogP contribution >= 0.6 is 0 Å². The van der Waals surface area contributed by atoms with Crippen LogP contribution in [0.3, 0.4) is 0 Å². The first kappa shape index (κ1) is 18.6. The molecule has 0 aliphatic carbocycles. The minimum absolute atomic E-state index is 0.109. The first-order chi connectivity index (χ1) is 12.7. The van der Waals surface area contributed by atoms with Gasteiger partial charge in [-0.3, -0.25) is 14.5 Å². The van der Waals surface area contributed by atoms with E-state index < -0.39 is 36.1 Å². The minimum Gasteiger partial charge on any atom is -0.395 e. The molecule has 0 saturated carbocycles. The molecule has 2 aromatic rings. The van der Waals surface area contributed by atoms with Gasteiger partial charge in [0.1, 0.15) is 11.4 Å². The fourth-order valence-corrected chi connectivity index (χ4v) is 2.45. The van der Waals surface area contributed by atoms with E-state index in [-0.39, 0.29) is 23.6 Å². The van der Waals surface area contributed by atoms with E-state index in [1.807, 2.05) is 0 Å². The van der Waals surface area contributed by atoms with Crippen LogP contribution in [0.2, 0.25) is 0 Å². The number of aliphatic hydroxyl groups excluding tert-OH is 1. The van der Waals surface area contributed by atoms with Crippen molar-refractivity contribution in [3.8, 4) is 5.69 Å². The van der Waals surface area contributed by atoms with E-state index in [4.69, 9.17) is 5.11 Å². The molecule has 1 aromatic carbocycles. The molecule has 0 atom stereocenters. The summed E-state index contributed by atoms with van der Waals surface area (Å²) in [7, 11) is 0. The molecule has 7 nitrogen and oxygen atoms in total. The minimum atomic E-state index is -4.65. The fourth-order valence-electron chi connectivity index (χ4n) is 2.45. The second-order valence-corrected chi connectivity index (χ2v) is 5.51. The maximum absolute atomic E-state index is 14.3. The van der Waals surface area contributed by atoms with Crippen molar-refractivity contribution in [1.29, 1.82) is 0 Å². The predicted molar refractivity (Wildman–Crippen MR) is 84.0 cm³/mol. The Labute approximate surface area is 149 Å². The highest BCUT2D eigenvalue weighted by molar-refractivity contribution is 6.17. The number of nitrogens with one attached hydrogen (secondary N) is 1. The van der Waals surface area contributed by atoms with Crippen LogP contribution in [-0.4, -0.2) is 44.8 Å². The van der Waals surface area contributed by atoms with Crippen LogP contribution in [0.5, 0.6) is 0 Å². The normalized spacial score (nSPS) is 14.7. The predicted octanol–water partition coefficient (Wildman–Crippen LogP) is 1.69. The van der Waals surface area contributed by atoms with Gasteiger partial charge in [0.25, 0.3) is 11.8 Å². The summed E-state index contributed by atoms with van der Waals surface area (Å²) in [5.41, 5.74) is -1.38. The van der Waals surface area contributed by atoms with Crippen molar-refractivity contribution in [2.45, 2.75) is 6.18 Å². The molecular weight excluding hydrogens is 372 g/mol. The standard InChI is InChI=1S/C16H12F4N4O3/c17-10-7-9(21-11-8-14(26)23(5-6-25)15(11)27)1-2-12(10)24-4-3-13(22-24)16(18,19)20/h1-4,7-8,21,25H,5-6H2. The number of hydrogen-bond acceptors (Lipinski definition) is 5. The zero-order chi connectivity index (χ0) is 19.8. The maximum atomic E-state index is 14.3. The van der Waals surface area contributed by atoms with Gasteiger partial charge in [0.2, 0.25) is 0 Å². The van der Waals surface area contributed by atoms with Crippen molar-refractivity contribution < 1.29 is 32.3 Å². The molecule has 142 valence electrons. The molecule has 2 amide bonds. The number of aliphatic hydroxyl groups is 1. The molecule has 0 saturated heterocycles. The smallest absolute Gasteiger partial charge is 0.395 e. The highest BCUT2D eigenvalue weighted by Crippen LogP contribution is 2.28. The molecule has 1 aliphatic heterocycles. The number of aromatic nitrogens is 2. The number of benzene rings is 1. The molecule has 27 heavy (non-hydrogen) atoms. The molecule has 3 rings (SSSR count). The quantitative estimate of drug-likeness (QED) is 0.605. The number of rotatable bonds is 5. The van der Waals surface area contributed by atoms with Gasteiger partial charge in [-0.05, 0) is 24.3 Å². The second kappa shape index (κ2) is 6.83. The number of halogens is 4. The van der Waals surface area contributed by atoms with Crippen molar-refractivity contribution >= 4 is 17.5 Å². The zero-order valence-electron chi connectivity index (χ0n) is 13.5. The molecule has 0 bridgehead atoms. The van der Waals surface area contributed by atoms with Crippen LogP contribution < -0.4 is 5.32 Å². The fraction of sp³-hybridized carbons (Fsp3) is 0.188. The Morgan fingerprint density at radius 1 is 1.19 bits per heavy atom. The molecule has 0 fully saturated rings. The van der Waals surface area contributed by atoms with Gasteiger partial charge >= 0.3 is 6.18 Å². The van der Waals surface area contributed by atoms with Crippen molar-refractivity contribution in [2.24, 2.45) is 0 Å². The third-order valence-electron chi connectivity index (χ3n) is 3.69. The van der Waals surface area contributed by atoms with E-state index in [1.54, 1.807) is 0 Å². The van der Waals surface area contributed by atoms with Crippen molar-refractivity contribution in [2.75, 3.05) is 18.5 Å². The van der Waals surface area contributed by atoms with E-state index in [2.05, 4.69) is 10.4 Å². The van der Waals surface area contributed by atoms with Gasteiger partial charge in [0.05, 0.1) is 13.2 Å². The van der Waals surface area contributed by atoms with Crippen molar-refractivity contribution in [3.63, 3.8) is 0 Å². The average molecular weight is 384 g/mol. The van der Waals surface area contributed by atoms with Crippen molar-refractivity contribution in [1.82, 2.24) is 14.7 Å². The molecule has 2 heterocycles. The molecule has 2 N–H and O–H groups in total. The molecule has 0 spiro atoms. The topological polar surface area (TPSA) is 87.5 Å². The first-order valence-corrected chi connectivity index (χ1v) is 7.59. The number of amides is 2. The van der Waals surface area contributed by atoms with Crippen molar-refractivity contribution in [3.05, 3.63) is 53.7 Å². The molecule has 0 unspecified atom stereocenters. The third-order valence-corrected chi connectivity index (χ3v) is 3.69. The van der Waals surface area contributed by atoms with E-state index in [9.17, 15) is 27.2 Å².